The monoisotopic (exact) mass is 200 g/mol. The van der Waals surface area contributed by atoms with E-state index in [-0.39, 0.29) is 5.69 Å². The van der Waals surface area contributed by atoms with Crippen LogP contribution in [-0.2, 0) is 0 Å². The lowest BCUT2D eigenvalue weighted by atomic mass is 11.0. The van der Waals surface area contributed by atoms with Crippen LogP contribution in [0.4, 0.5) is 0 Å². The number of hydrogen-bond donors (Lipinski definition) is 0. The van der Waals surface area contributed by atoms with Crippen LogP contribution in [0.1, 0.15) is 0 Å². The van der Waals surface area contributed by atoms with Gasteiger partial charge in [0, 0.05) is 0 Å². The molecule has 0 radical (unpaired) electrons. The van der Waals surface area contributed by atoms with Crippen molar-refractivity contribution in [1.82, 2.24) is 19.6 Å². The van der Waals surface area contributed by atoms with Gasteiger partial charge in [0.1, 0.15) is 5.51 Å². The molecule has 0 N–H and O–H groups in total. The van der Waals surface area contributed by atoms with E-state index >= 15 is 0 Å². The van der Waals surface area contributed by atoms with Crippen molar-refractivity contribution in [2.45, 2.75) is 5.16 Å². The molecule has 0 aromatic carbocycles. The van der Waals surface area contributed by atoms with Gasteiger partial charge >= 0.3 is 5.69 Å². The highest BCUT2D eigenvalue weighted by atomic mass is 32.2. The molecule has 0 aliphatic heterocycles. The van der Waals surface area contributed by atoms with Gasteiger partial charge in [-0.25, -0.2) is 4.79 Å². The molecule has 0 atom stereocenters. The zero-order valence-electron chi connectivity index (χ0n) is 6.09. The van der Waals surface area contributed by atoms with Crippen molar-refractivity contribution in [3.05, 3.63) is 16.0 Å². The SMILES string of the molecule is CSc1nc(=O)n2ncsc2n1. The van der Waals surface area contributed by atoms with Crippen LogP contribution >= 0.6 is 23.1 Å². The zero-order chi connectivity index (χ0) is 8.55. The topological polar surface area (TPSA) is 60.2 Å². The van der Waals surface area contributed by atoms with Gasteiger partial charge in [0.15, 0.2) is 5.16 Å². The Kier molecular flexibility index (Phi) is 1.81. The van der Waals surface area contributed by atoms with Crippen molar-refractivity contribution in [2.75, 3.05) is 6.26 Å². The largest absolute Gasteiger partial charge is 0.373 e. The summed E-state index contributed by atoms with van der Waals surface area (Å²) < 4.78 is 1.18. The second kappa shape index (κ2) is 2.83. The Morgan fingerprint density at radius 1 is 1.58 bits per heavy atom. The second-order valence-corrected chi connectivity index (χ2v) is 3.51. The molecule has 2 heterocycles. The average molecular weight is 200 g/mol. The first kappa shape index (κ1) is 7.69. The summed E-state index contributed by atoms with van der Waals surface area (Å²) in [6.45, 7) is 0. The summed E-state index contributed by atoms with van der Waals surface area (Å²) >= 11 is 2.66. The summed E-state index contributed by atoms with van der Waals surface area (Å²) in [5.41, 5.74) is 1.20. The number of aromatic nitrogens is 4. The maximum Gasteiger partial charge on any atom is 0.373 e. The number of hydrogen-bond acceptors (Lipinski definition) is 6. The summed E-state index contributed by atoms with van der Waals surface area (Å²) in [4.78, 5) is 19.5. The Bertz CT molecular complexity index is 462. The molecular formula is C5H4N4OS2. The maximum atomic E-state index is 11.2. The minimum Gasteiger partial charge on any atom is -0.243 e. The third kappa shape index (κ3) is 1.10. The van der Waals surface area contributed by atoms with Gasteiger partial charge in [-0.2, -0.15) is 19.6 Å². The van der Waals surface area contributed by atoms with E-state index in [1.807, 2.05) is 6.26 Å². The lowest BCUT2D eigenvalue weighted by Crippen LogP contribution is -2.18. The number of fused-ring (bicyclic) bond motifs is 1. The fourth-order valence-corrected chi connectivity index (χ4v) is 1.75. The minimum atomic E-state index is -0.370. The van der Waals surface area contributed by atoms with Gasteiger partial charge in [0.25, 0.3) is 0 Å². The smallest absolute Gasteiger partial charge is 0.243 e. The van der Waals surface area contributed by atoms with Crippen LogP contribution in [0.15, 0.2) is 15.5 Å². The van der Waals surface area contributed by atoms with Gasteiger partial charge in [-0.3, -0.25) is 0 Å². The first-order chi connectivity index (χ1) is 5.81. The molecule has 62 valence electrons. The molecule has 0 aliphatic carbocycles. The Morgan fingerprint density at radius 3 is 3.17 bits per heavy atom. The predicted molar refractivity (Wildman–Crippen MR) is 46.7 cm³/mol. The van der Waals surface area contributed by atoms with E-state index < -0.39 is 0 Å². The van der Waals surface area contributed by atoms with Crippen LogP contribution in [0.5, 0.6) is 0 Å². The second-order valence-electron chi connectivity index (χ2n) is 1.93. The van der Waals surface area contributed by atoms with Gasteiger partial charge < -0.3 is 0 Å². The van der Waals surface area contributed by atoms with E-state index in [0.717, 1.165) is 0 Å². The maximum absolute atomic E-state index is 11.2. The van der Waals surface area contributed by atoms with Crippen LogP contribution in [0.25, 0.3) is 4.96 Å². The van der Waals surface area contributed by atoms with E-state index in [9.17, 15) is 4.79 Å². The van der Waals surface area contributed by atoms with E-state index in [4.69, 9.17) is 0 Å². The van der Waals surface area contributed by atoms with Crippen LogP contribution in [-0.4, -0.2) is 25.8 Å². The first-order valence-corrected chi connectivity index (χ1v) is 5.16. The van der Waals surface area contributed by atoms with Crippen molar-refractivity contribution in [1.29, 1.82) is 0 Å². The third-order valence-corrected chi connectivity index (χ3v) is 2.47. The van der Waals surface area contributed by atoms with Crippen LogP contribution in [0, 0.1) is 0 Å². The van der Waals surface area contributed by atoms with Crippen molar-refractivity contribution >= 4 is 28.1 Å². The highest BCUT2D eigenvalue weighted by Crippen LogP contribution is 2.08. The highest BCUT2D eigenvalue weighted by Gasteiger charge is 2.03. The molecule has 7 heteroatoms. The molecule has 2 aromatic rings. The molecule has 0 saturated carbocycles. The molecular weight excluding hydrogens is 196 g/mol. The lowest BCUT2D eigenvalue weighted by Gasteiger charge is -1.91. The number of thioether (sulfide) groups is 1. The molecule has 0 saturated heterocycles. The van der Waals surface area contributed by atoms with Crippen molar-refractivity contribution in [3.8, 4) is 0 Å². The first-order valence-electron chi connectivity index (χ1n) is 3.06. The van der Waals surface area contributed by atoms with Crippen molar-refractivity contribution in [3.63, 3.8) is 0 Å². The fourth-order valence-electron chi connectivity index (χ4n) is 0.749. The molecule has 0 aliphatic rings. The number of nitrogens with zero attached hydrogens (tertiary/aromatic N) is 4. The molecule has 0 amide bonds. The molecule has 0 unspecified atom stereocenters. The van der Waals surface area contributed by atoms with Crippen LogP contribution < -0.4 is 5.69 Å². The number of rotatable bonds is 1. The van der Waals surface area contributed by atoms with Gasteiger partial charge in [-0.05, 0) is 6.26 Å². The lowest BCUT2D eigenvalue weighted by molar-refractivity contribution is 0.788. The Hall–Kier alpha value is -0.950. The standard InChI is InChI=1S/C5H4N4OS2/c1-11-3-7-4(10)9-5(8-3)12-2-6-9/h2H,1H3. The molecule has 0 spiro atoms. The Balaban J connectivity index is 2.84. The van der Waals surface area contributed by atoms with E-state index in [1.54, 1.807) is 5.51 Å². The molecule has 0 bridgehead atoms. The van der Waals surface area contributed by atoms with Gasteiger partial charge in [0.05, 0.1) is 0 Å². The van der Waals surface area contributed by atoms with Gasteiger partial charge in [0.2, 0.25) is 4.96 Å². The summed E-state index contributed by atoms with van der Waals surface area (Å²) in [6, 6.07) is 0. The summed E-state index contributed by atoms with van der Waals surface area (Å²) in [5.74, 6) is 0. The summed E-state index contributed by atoms with van der Waals surface area (Å²) in [7, 11) is 0. The van der Waals surface area contributed by atoms with E-state index in [0.29, 0.717) is 10.1 Å². The highest BCUT2D eigenvalue weighted by molar-refractivity contribution is 7.98. The summed E-state index contributed by atoms with van der Waals surface area (Å²) in [5, 5.41) is 4.27. The molecule has 12 heavy (non-hydrogen) atoms. The Morgan fingerprint density at radius 2 is 2.42 bits per heavy atom. The molecule has 2 aromatic heterocycles. The van der Waals surface area contributed by atoms with E-state index in [2.05, 4.69) is 15.1 Å². The van der Waals surface area contributed by atoms with Gasteiger partial charge in [-0.1, -0.05) is 23.1 Å². The zero-order valence-corrected chi connectivity index (χ0v) is 7.72. The van der Waals surface area contributed by atoms with Gasteiger partial charge in [-0.15, -0.1) is 0 Å². The van der Waals surface area contributed by atoms with Crippen LogP contribution in [0.2, 0.25) is 0 Å². The molecule has 2 rings (SSSR count). The average Bonchev–Trinajstić information content (AvgIpc) is 2.52. The van der Waals surface area contributed by atoms with Crippen molar-refractivity contribution < 1.29 is 0 Å². The molecule has 5 nitrogen and oxygen atoms in total. The quantitative estimate of drug-likeness (QED) is 0.618. The van der Waals surface area contributed by atoms with Crippen LogP contribution in [0.3, 0.4) is 0 Å². The third-order valence-electron chi connectivity index (χ3n) is 1.25. The Labute approximate surface area is 75.5 Å². The normalized spacial score (nSPS) is 10.8. The minimum absolute atomic E-state index is 0.370. The van der Waals surface area contributed by atoms with E-state index in [1.165, 1.54) is 27.6 Å². The molecule has 0 fully saturated rings. The van der Waals surface area contributed by atoms with Crippen molar-refractivity contribution in [2.24, 2.45) is 0 Å². The fraction of sp³-hybridized carbons (Fsp3) is 0.200. The summed E-state index contributed by atoms with van der Waals surface area (Å²) in [6.07, 6.45) is 1.83. The predicted octanol–water partition coefficient (Wildman–Crippen LogP) is 0.268.